The number of nitrogens with one attached hydrogen (secondary N) is 1. The lowest BCUT2D eigenvalue weighted by Gasteiger charge is -2.15. The van der Waals surface area contributed by atoms with Gasteiger partial charge in [0, 0.05) is 17.0 Å². The second-order valence-corrected chi connectivity index (χ2v) is 5.73. The van der Waals surface area contributed by atoms with Gasteiger partial charge < -0.3 is 10.4 Å². The molecule has 1 atom stereocenters. The number of rotatable bonds is 5. The highest BCUT2D eigenvalue weighted by Gasteiger charge is 2.29. The van der Waals surface area contributed by atoms with E-state index in [1.165, 1.54) is 24.3 Å². The highest BCUT2D eigenvalue weighted by molar-refractivity contribution is 8.00. The average molecular weight is 307 g/mol. The molecule has 0 saturated carbocycles. The lowest BCUT2D eigenvalue weighted by molar-refractivity contribution is -0.0328. The normalized spacial score (nSPS) is 13.3. The molecule has 0 heterocycles. The van der Waals surface area contributed by atoms with E-state index in [4.69, 9.17) is 0 Å². The topological polar surface area (TPSA) is 49.3 Å². The zero-order valence-corrected chi connectivity index (χ0v) is 11.9. The lowest BCUT2D eigenvalue weighted by atomic mass is 10.1. The molecule has 0 aromatic heterocycles. The van der Waals surface area contributed by atoms with Gasteiger partial charge >= 0.3 is 5.51 Å². The molecule has 1 aromatic carbocycles. The van der Waals surface area contributed by atoms with E-state index < -0.39 is 17.5 Å². The summed E-state index contributed by atoms with van der Waals surface area (Å²) >= 11 is -0.228. The van der Waals surface area contributed by atoms with Crippen molar-refractivity contribution < 1.29 is 23.1 Å². The Kier molecular flexibility index (Phi) is 5.88. The van der Waals surface area contributed by atoms with Gasteiger partial charge in [-0.3, -0.25) is 4.79 Å². The molecule has 0 radical (unpaired) electrons. The van der Waals surface area contributed by atoms with E-state index in [1.807, 2.05) is 13.8 Å². The van der Waals surface area contributed by atoms with Crippen molar-refractivity contribution in [1.29, 1.82) is 0 Å². The van der Waals surface area contributed by atoms with E-state index in [0.29, 0.717) is 0 Å². The first kappa shape index (κ1) is 16.8. The minimum absolute atomic E-state index is 0.0147. The molecule has 0 saturated heterocycles. The van der Waals surface area contributed by atoms with Crippen molar-refractivity contribution >= 4 is 17.7 Å². The number of halogens is 3. The molecule has 20 heavy (non-hydrogen) atoms. The van der Waals surface area contributed by atoms with Crippen LogP contribution in [-0.2, 0) is 0 Å². The van der Waals surface area contributed by atoms with Crippen molar-refractivity contribution in [3.8, 4) is 0 Å². The van der Waals surface area contributed by atoms with Crippen LogP contribution in [0, 0.1) is 5.92 Å². The second kappa shape index (κ2) is 6.99. The maximum absolute atomic E-state index is 12.1. The van der Waals surface area contributed by atoms with Gasteiger partial charge in [-0.2, -0.15) is 13.2 Å². The minimum atomic E-state index is -4.34. The Bertz CT molecular complexity index is 446. The first-order valence-corrected chi connectivity index (χ1v) is 6.83. The van der Waals surface area contributed by atoms with Crippen LogP contribution in [0.2, 0.25) is 0 Å². The van der Waals surface area contributed by atoms with Crippen molar-refractivity contribution in [3.63, 3.8) is 0 Å². The summed E-state index contributed by atoms with van der Waals surface area (Å²) in [6.07, 6.45) is -0.654. The number of hydrogen-bond donors (Lipinski definition) is 2. The molecule has 1 unspecified atom stereocenters. The smallest absolute Gasteiger partial charge is 0.391 e. The maximum Gasteiger partial charge on any atom is 0.446 e. The Labute approximate surface area is 119 Å². The van der Waals surface area contributed by atoms with Crippen LogP contribution in [0.1, 0.15) is 24.2 Å². The fraction of sp³-hybridized carbons (Fsp3) is 0.462. The molecule has 0 aliphatic carbocycles. The zero-order chi connectivity index (χ0) is 15.3. The number of amides is 1. The molecule has 2 N–H and O–H groups in total. The van der Waals surface area contributed by atoms with Gasteiger partial charge in [-0.15, -0.1) is 0 Å². The molecular weight excluding hydrogens is 291 g/mol. The lowest BCUT2D eigenvalue weighted by Crippen LogP contribution is -2.34. The number of thioether (sulfide) groups is 1. The monoisotopic (exact) mass is 307 g/mol. The van der Waals surface area contributed by atoms with Crippen molar-refractivity contribution in [2.24, 2.45) is 5.92 Å². The summed E-state index contributed by atoms with van der Waals surface area (Å²) in [4.78, 5) is 11.7. The van der Waals surface area contributed by atoms with Crippen LogP contribution < -0.4 is 5.32 Å². The zero-order valence-electron chi connectivity index (χ0n) is 11.1. The third kappa shape index (κ3) is 5.83. The molecule has 1 aromatic rings. The minimum Gasteiger partial charge on any atom is -0.391 e. The summed E-state index contributed by atoms with van der Waals surface area (Å²) in [6.45, 7) is 3.75. The quantitative estimate of drug-likeness (QED) is 0.822. The highest BCUT2D eigenvalue weighted by atomic mass is 32.2. The highest BCUT2D eigenvalue weighted by Crippen LogP contribution is 2.36. The van der Waals surface area contributed by atoms with Crippen LogP contribution >= 0.6 is 11.8 Å². The number of hydrogen-bond acceptors (Lipinski definition) is 3. The molecule has 1 amide bonds. The number of alkyl halides is 3. The van der Waals surface area contributed by atoms with Gasteiger partial charge in [-0.05, 0) is 41.9 Å². The summed E-state index contributed by atoms with van der Waals surface area (Å²) in [5, 5.41) is 12.1. The van der Waals surface area contributed by atoms with Crippen LogP contribution in [0.5, 0.6) is 0 Å². The van der Waals surface area contributed by atoms with E-state index in [0.717, 1.165) is 0 Å². The number of benzene rings is 1. The molecule has 0 fully saturated rings. The van der Waals surface area contributed by atoms with Crippen LogP contribution in [0.15, 0.2) is 29.2 Å². The number of carbonyl (C=O) groups excluding carboxylic acids is 1. The Balaban J connectivity index is 2.58. The molecule has 0 aliphatic heterocycles. The van der Waals surface area contributed by atoms with E-state index in [1.54, 1.807) is 0 Å². The second-order valence-electron chi connectivity index (χ2n) is 4.59. The Morgan fingerprint density at radius 3 is 2.30 bits per heavy atom. The van der Waals surface area contributed by atoms with Gasteiger partial charge in [0.15, 0.2) is 0 Å². The number of aliphatic hydroxyl groups is 1. The predicted octanol–water partition coefficient (Wildman–Crippen LogP) is 3.05. The van der Waals surface area contributed by atoms with Crippen molar-refractivity contribution in [2.45, 2.75) is 30.4 Å². The first-order valence-electron chi connectivity index (χ1n) is 6.01. The summed E-state index contributed by atoms with van der Waals surface area (Å²) < 4.78 is 36.4. The van der Waals surface area contributed by atoms with Crippen LogP contribution in [0.25, 0.3) is 0 Å². The summed E-state index contributed by atoms with van der Waals surface area (Å²) in [5.41, 5.74) is -4.09. The van der Waals surface area contributed by atoms with Gasteiger partial charge in [-0.25, -0.2) is 0 Å². The molecule has 1 rings (SSSR count). The van der Waals surface area contributed by atoms with E-state index in [9.17, 15) is 23.1 Å². The largest absolute Gasteiger partial charge is 0.446 e. The van der Waals surface area contributed by atoms with Crippen LogP contribution in [-0.4, -0.2) is 29.2 Å². The molecule has 0 bridgehead atoms. The van der Waals surface area contributed by atoms with Gasteiger partial charge in [0.1, 0.15) is 0 Å². The standard InChI is InChI=1S/C13H16F3NO2S/c1-8(2)11(18)7-17-12(19)9-3-5-10(6-4-9)20-13(14,15)16/h3-6,8,11,18H,7H2,1-2H3,(H,17,19). The Morgan fingerprint density at radius 1 is 1.30 bits per heavy atom. The third-order valence-corrected chi connectivity index (χ3v) is 3.33. The molecule has 3 nitrogen and oxygen atoms in total. The Morgan fingerprint density at radius 2 is 1.85 bits per heavy atom. The molecule has 7 heteroatoms. The van der Waals surface area contributed by atoms with Gasteiger partial charge in [0.2, 0.25) is 0 Å². The van der Waals surface area contributed by atoms with Gasteiger partial charge in [-0.1, -0.05) is 13.8 Å². The van der Waals surface area contributed by atoms with Gasteiger partial charge in [0.05, 0.1) is 6.10 Å². The summed E-state index contributed by atoms with van der Waals surface area (Å²) in [7, 11) is 0. The first-order chi connectivity index (χ1) is 9.19. The van der Waals surface area contributed by atoms with E-state index in [-0.39, 0.29) is 34.7 Å². The van der Waals surface area contributed by atoms with Crippen molar-refractivity contribution in [2.75, 3.05) is 6.54 Å². The molecule has 112 valence electrons. The molecule has 0 aliphatic rings. The predicted molar refractivity (Wildman–Crippen MR) is 71.5 cm³/mol. The van der Waals surface area contributed by atoms with E-state index in [2.05, 4.69) is 5.32 Å². The van der Waals surface area contributed by atoms with Crippen molar-refractivity contribution in [3.05, 3.63) is 29.8 Å². The summed E-state index contributed by atoms with van der Waals surface area (Å²) in [5.74, 6) is -0.408. The maximum atomic E-state index is 12.1. The fourth-order valence-corrected chi connectivity index (χ4v) is 1.88. The van der Waals surface area contributed by atoms with Gasteiger partial charge in [0.25, 0.3) is 5.91 Å². The van der Waals surface area contributed by atoms with E-state index >= 15 is 0 Å². The average Bonchev–Trinajstić information content (AvgIpc) is 2.34. The summed E-state index contributed by atoms with van der Waals surface area (Å²) in [6, 6.07) is 5.13. The SMILES string of the molecule is CC(C)C(O)CNC(=O)c1ccc(SC(F)(F)F)cc1. The molecular formula is C13H16F3NO2S. The third-order valence-electron chi connectivity index (χ3n) is 2.59. The number of carbonyl (C=O) groups is 1. The van der Waals surface area contributed by atoms with Crippen LogP contribution in [0.3, 0.4) is 0 Å². The fourth-order valence-electron chi connectivity index (χ4n) is 1.34. The van der Waals surface area contributed by atoms with Crippen molar-refractivity contribution in [1.82, 2.24) is 5.32 Å². The van der Waals surface area contributed by atoms with Crippen LogP contribution in [0.4, 0.5) is 13.2 Å². The number of aliphatic hydroxyl groups excluding tert-OH is 1. The molecule has 0 spiro atoms. The Hall–Kier alpha value is -1.21.